The van der Waals surface area contributed by atoms with E-state index in [4.69, 9.17) is 9.84 Å². The molecule has 3 unspecified atom stereocenters. The van der Waals surface area contributed by atoms with Crippen LogP contribution < -0.4 is 0 Å². The summed E-state index contributed by atoms with van der Waals surface area (Å²) in [4.78, 5) is 11.1. The van der Waals surface area contributed by atoms with Crippen molar-refractivity contribution in [3.8, 4) is 0 Å². The van der Waals surface area contributed by atoms with Gasteiger partial charge in [0.05, 0.1) is 6.10 Å². The van der Waals surface area contributed by atoms with Crippen LogP contribution in [-0.4, -0.2) is 68.1 Å². The minimum atomic E-state index is -2.40. The highest BCUT2D eigenvalue weighted by molar-refractivity contribution is 5.78. The molecule has 0 radical (unpaired) electrons. The summed E-state index contributed by atoms with van der Waals surface area (Å²) in [6.45, 7) is 2.07. The quantitative estimate of drug-likeness (QED) is 0.381. The third-order valence-corrected chi connectivity index (χ3v) is 3.21. The predicted molar refractivity (Wildman–Crippen MR) is 59.9 cm³/mol. The van der Waals surface area contributed by atoms with Gasteiger partial charge in [-0.2, -0.15) is 0 Å². The van der Waals surface area contributed by atoms with Crippen molar-refractivity contribution < 1.29 is 35.1 Å². The Bertz CT molecular complexity index is 295. The molecule has 0 aliphatic heterocycles. The van der Waals surface area contributed by atoms with Gasteiger partial charge >= 0.3 is 5.97 Å². The molecule has 0 saturated heterocycles. The summed E-state index contributed by atoms with van der Waals surface area (Å²) < 4.78 is 5.18. The number of carbonyl (C=O) groups is 1. The van der Waals surface area contributed by atoms with Crippen LogP contribution in [0.1, 0.15) is 26.2 Å². The van der Waals surface area contributed by atoms with E-state index in [2.05, 4.69) is 0 Å². The molecule has 7 heteroatoms. The molecule has 106 valence electrons. The van der Waals surface area contributed by atoms with Crippen LogP contribution in [0.25, 0.3) is 0 Å². The van der Waals surface area contributed by atoms with Gasteiger partial charge in [0, 0.05) is 13.0 Å². The second kappa shape index (κ2) is 5.94. The Hall–Kier alpha value is -0.730. The fourth-order valence-electron chi connectivity index (χ4n) is 2.05. The van der Waals surface area contributed by atoms with Gasteiger partial charge in [0.25, 0.3) is 0 Å². The standard InChI is InChI=1S/C11H20O7/c1-2-3-4-18-9-8(14)7(13)6(12)5-11(9,17)10(15)16/h6-9,12-14,17H,2-5H2,1H3,(H,15,16)/t6-,7?,8+,9?,11?/m1/s1. The van der Waals surface area contributed by atoms with E-state index in [1.807, 2.05) is 6.92 Å². The minimum absolute atomic E-state index is 0.163. The van der Waals surface area contributed by atoms with E-state index in [9.17, 15) is 25.2 Å². The van der Waals surface area contributed by atoms with Crippen LogP contribution in [0.15, 0.2) is 0 Å². The number of rotatable bonds is 5. The van der Waals surface area contributed by atoms with Crippen LogP contribution in [-0.2, 0) is 9.53 Å². The van der Waals surface area contributed by atoms with Gasteiger partial charge in [0.2, 0.25) is 0 Å². The summed E-state index contributed by atoms with van der Waals surface area (Å²) in [6.07, 6.45) is -5.29. The summed E-state index contributed by atoms with van der Waals surface area (Å²) in [5.74, 6) is -1.59. The van der Waals surface area contributed by atoms with E-state index in [-0.39, 0.29) is 6.61 Å². The third-order valence-electron chi connectivity index (χ3n) is 3.21. The number of ether oxygens (including phenoxy) is 1. The van der Waals surface area contributed by atoms with Crippen molar-refractivity contribution in [2.24, 2.45) is 0 Å². The fraction of sp³-hybridized carbons (Fsp3) is 0.909. The largest absolute Gasteiger partial charge is 0.479 e. The zero-order valence-electron chi connectivity index (χ0n) is 10.2. The molecule has 0 heterocycles. The second-order valence-corrected chi connectivity index (χ2v) is 4.63. The molecule has 0 spiro atoms. The summed E-state index contributed by atoms with van der Waals surface area (Å²) in [6, 6.07) is 0. The normalized spacial score (nSPS) is 40.7. The molecule has 1 rings (SSSR count). The molecule has 5 atom stereocenters. The number of aliphatic hydroxyl groups excluding tert-OH is 3. The molecule has 5 N–H and O–H groups in total. The maximum absolute atomic E-state index is 11.1. The molecule has 1 fully saturated rings. The van der Waals surface area contributed by atoms with Gasteiger partial charge < -0.3 is 30.3 Å². The van der Waals surface area contributed by atoms with Gasteiger partial charge in [-0.1, -0.05) is 13.3 Å². The van der Waals surface area contributed by atoms with Crippen LogP contribution in [0.4, 0.5) is 0 Å². The Kier molecular flexibility index (Phi) is 5.06. The van der Waals surface area contributed by atoms with Crippen molar-refractivity contribution in [3.05, 3.63) is 0 Å². The summed E-state index contributed by atoms with van der Waals surface area (Å²) in [5.41, 5.74) is -2.40. The van der Waals surface area contributed by atoms with Crippen LogP contribution in [0.5, 0.6) is 0 Å². The number of aliphatic hydroxyl groups is 4. The molecule has 0 aromatic carbocycles. The molecule has 0 amide bonds. The molecule has 1 aliphatic carbocycles. The Morgan fingerprint density at radius 3 is 2.44 bits per heavy atom. The highest BCUT2D eigenvalue weighted by Gasteiger charge is 2.57. The van der Waals surface area contributed by atoms with E-state index in [0.717, 1.165) is 6.42 Å². The highest BCUT2D eigenvalue weighted by atomic mass is 16.5. The van der Waals surface area contributed by atoms with Crippen LogP contribution in [0.3, 0.4) is 0 Å². The zero-order valence-corrected chi connectivity index (χ0v) is 10.2. The predicted octanol–water partition coefficient (Wildman–Crippen LogP) is -1.53. The lowest BCUT2D eigenvalue weighted by molar-refractivity contribution is -0.239. The molecule has 0 aromatic heterocycles. The van der Waals surface area contributed by atoms with Crippen molar-refractivity contribution in [1.29, 1.82) is 0 Å². The van der Waals surface area contributed by atoms with Crippen molar-refractivity contribution in [1.82, 2.24) is 0 Å². The van der Waals surface area contributed by atoms with Crippen molar-refractivity contribution in [2.75, 3.05) is 6.61 Å². The zero-order chi connectivity index (χ0) is 13.9. The second-order valence-electron chi connectivity index (χ2n) is 4.63. The van der Waals surface area contributed by atoms with Crippen molar-refractivity contribution >= 4 is 5.97 Å². The van der Waals surface area contributed by atoms with Crippen LogP contribution in [0, 0.1) is 0 Å². The first-order valence-corrected chi connectivity index (χ1v) is 5.96. The summed E-state index contributed by atoms with van der Waals surface area (Å²) >= 11 is 0. The number of unbranched alkanes of at least 4 members (excludes halogenated alkanes) is 1. The molecular formula is C11H20O7. The number of hydrogen-bond donors (Lipinski definition) is 5. The van der Waals surface area contributed by atoms with E-state index < -0.39 is 42.4 Å². The molecule has 0 bridgehead atoms. The SMILES string of the molecule is CCCCOC1[C@@H](O)C(O)[C@H](O)CC1(O)C(=O)O. The van der Waals surface area contributed by atoms with Gasteiger partial charge in [-0.15, -0.1) is 0 Å². The molecule has 1 aliphatic rings. The van der Waals surface area contributed by atoms with E-state index in [0.29, 0.717) is 6.42 Å². The van der Waals surface area contributed by atoms with E-state index in [1.165, 1.54) is 0 Å². The Morgan fingerprint density at radius 1 is 1.33 bits per heavy atom. The van der Waals surface area contributed by atoms with Gasteiger partial charge in [-0.3, -0.25) is 0 Å². The van der Waals surface area contributed by atoms with Gasteiger partial charge in [-0.25, -0.2) is 4.79 Å². The molecule has 7 nitrogen and oxygen atoms in total. The van der Waals surface area contributed by atoms with E-state index >= 15 is 0 Å². The van der Waals surface area contributed by atoms with Crippen molar-refractivity contribution in [2.45, 2.75) is 56.2 Å². The Labute approximate surface area is 105 Å². The minimum Gasteiger partial charge on any atom is -0.479 e. The lowest BCUT2D eigenvalue weighted by atomic mass is 9.77. The van der Waals surface area contributed by atoms with Gasteiger partial charge in [0.1, 0.15) is 18.3 Å². The highest BCUT2D eigenvalue weighted by Crippen LogP contribution is 2.32. The lowest BCUT2D eigenvalue weighted by Crippen LogP contribution is -2.66. The lowest BCUT2D eigenvalue weighted by Gasteiger charge is -2.43. The molecule has 0 aromatic rings. The number of hydrogen-bond acceptors (Lipinski definition) is 6. The summed E-state index contributed by atoms with van der Waals surface area (Å²) in [5, 5.41) is 47.7. The topological polar surface area (TPSA) is 127 Å². The third kappa shape index (κ3) is 2.81. The number of aliphatic carboxylic acids is 1. The van der Waals surface area contributed by atoms with Crippen molar-refractivity contribution in [3.63, 3.8) is 0 Å². The molecule has 1 saturated carbocycles. The summed E-state index contributed by atoms with van der Waals surface area (Å²) in [7, 11) is 0. The van der Waals surface area contributed by atoms with Gasteiger partial charge in [0.15, 0.2) is 5.60 Å². The Morgan fingerprint density at radius 2 is 1.94 bits per heavy atom. The first-order chi connectivity index (χ1) is 8.34. The fourth-order valence-corrected chi connectivity index (χ4v) is 2.05. The average Bonchev–Trinajstić information content (AvgIpc) is 2.30. The maximum Gasteiger partial charge on any atom is 0.338 e. The monoisotopic (exact) mass is 264 g/mol. The smallest absolute Gasteiger partial charge is 0.338 e. The molecular weight excluding hydrogens is 244 g/mol. The number of carboxylic acid groups (broad SMARTS) is 1. The number of carboxylic acids is 1. The van der Waals surface area contributed by atoms with Crippen LogP contribution in [0.2, 0.25) is 0 Å². The average molecular weight is 264 g/mol. The van der Waals surface area contributed by atoms with E-state index in [1.54, 1.807) is 0 Å². The first kappa shape index (κ1) is 15.3. The van der Waals surface area contributed by atoms with Crippen LogP contribution >= 0.6 is 0 Å². The maximum atomic E-state index is 11.1. The van der Waals surface area contributed by atoms with Gasteiger partial charge in [-0.05, 0) is 6.42 Å². The Balaban J connectivity index is 2.86. The molecule has 18 heavy (non-hydrogen) atoms. The first-order valence-electron chi connectivity index (χ1n) is 5.96.